The topological polar surface area (TPSA) is 142 Å². The maximum atomic E-state index is 12.2. The number of rotatable bonds is 4. The smallest absolute Gasteiger partial charge is 0.414 e. The van der Waals surface area contributed by atoms with Crippen LogP contribution in [0.3, 0.4) is 0 Å². The number of fused-ring (bicyclic) bond motifs is 1. The molecule has 1 aromatic carbocycles. The van der Waals surface area contributed by atoms with Gasteiger partial charge in [-0.3, -0.25) is 10.6 Å². The molecule has 2 aromatic rings. The van der Waals surface area contributed by atoms with E-state index in [9.17, 15) is 19.5 Å². The summed E-state index contributed by atoms with van der Waals surface area (Å²) in [7, 11) is 0. The first-order chi connectivity index (χ1) is 14.7. The van der Waals surface area contributed by atoms with E-state index in [2.05, 4.69) is 20.6 Å². The minimum atomic E-state index is -1.30. The first-order valence-corrected chi connectivity index (χ1v) is 10.1. The van der Waals surface area contributed by atoms with Crippen molar-refractivity contribution in [3.8, 4) is 0 Å². The second-order valence-corrected chi connectivity index (χ2v) is 9.15. The van der Waals surface area contributed by atoms with Gasteiger partial charge in [-0.05, 0) is 53.2 Å². The molecule has 0 aliphatic rings. The van der Waals surface area contributed by atoms with E-state index >= 15 is 0 Å². The van der Waals surface area contributed by atoms with Crippen LogP contribution in [0.4, 0.5) is 9.59 Å². The molecule has 0 radical (unpaired) electrons. The normalized spacial score (nSPS) is 12.6. The lowest BCUT2D eigenvalue weighted by atomic mass is 10.1. The van der Waals surface area contributed by atoms with E-state index in [-0.39, 0.29) is 12.4 Å². The van der Waals surface area contributed by atoms with Crippen molar-refractivity contribution in [1.82, 2.24) is 15.6 Å². The maximum absolute atomic E-state index is 12.2. The molecule has 1 heterocycles. The molecule has 0 spiro atoms. The zero-order chi connectivity index (χ0) is 24.1. The molecule has 0 bridgehead atoms. The van der Waals surface area contributed by atoms with Crippen LogP contribution in [-0.4, -0.2) is 51.4 Å². The summed E-state index contributed by atoms with van der Waals surface area (Å²) in [6.07, 6.45) is -0.0696. The number of carboxylic acid groups (broad SMARTS) is 1. The number of hydrogen-bond donors (Lipinski definition) is 4. The van der Waals surface area contributed by atoms with Crippen LogP contribution in [0, 0.1) is 0 Å². The van der Waals surface area contributed by atoms with Crippen LogP contribution in [0.15, 0.2) is 35.5 Å². The van der Waals surface area contributed by atoms with Crippen molar-refractivity contribution >= 4 is 35.0 Å². The number of carboxylic acids is 1. The Morgan fingerprint density at radius 1 is 1.00 bits per heavy atom. The van der Waals surface area contributed by atoms with Crippen LogP contribution in [0.1, 0.15) is 47.1 Å². The average Bonchev–Trinajstić information content (AvgIpc) is 3.00. The molecule has 1 aromatic heterocycles. The van der Waals surface area contributed by atoms with Crippen LogP contribution >= 0.6 is 0 Å². The number of aromatic amines is 1. The van der Waals surface area contributed by atoms with E-state index < -0.39 is 35.4 Å². The monoisotopic (exact) mass is 446 g/mol. The highest BCUT2D eigenvalue weighted by Crippen LogP contribution is 2.20. The first-order valence-electron chi connectivity index (χ1n) is 10.1. The summed E-state index contributed by atoms with van der Waals surface area (Å²) in [5.41, 5.74) is -0.0328. The number of amides is 2. The van der Waals surface area contributed by atoms with Gasteiger partial charge in [0, 0.05) is 23.5 Å². The fourth-order valence-electron chi connectivity index (χ4n) is 2.75. The Bertz CT molecular complexity index is 981. The summed E-state index contributed by atoms with van der Waals surface area (Å²) in [4.78, 5) is 43.5. The van der Waals surface area contributed by atoms with E-state index in [4.69, 9.17) is 9.47 Å². The number of nitrogens with one attached hydrogen (secondary N) is 3. The van der Waals surface area contributed by atoms with Gasteiger partial charge in [0.15, 0.2) is 6.04 Å². The predicted molar refractivity (Wildman–Crippen MR) is 120 cm³/mol. The molecule has 0 aliphatic heterocycles. The minimum Gasteiger partial charge on any atom is -0.480 e. The third-order valence-corrected chi connectivity index (χ3v) is 3.90. The molecule has 10 nitrogen and oxygen atoms in total. The molecule has 4 N–H and O–H groups in total. The summed E-state index contributed by atoms with van der Waals surface area (Å²) in [5.74, 6) is -1.62. The number of guanidine groups is 1. The third-order valence-electron chi connectivity index (χ3n) is 3.90. The highest BCUT2D eigenvalue weighted by molar-refractivity contribution is 6.02. The summed E-state index contributed by atoms with van der Waals surface area (Å²) in [5, 5.41) is 15.2. The number of ether oxygens (including phenoxy) is 2. The summed E-state index contributed by atoms with van der Waals surface area (Å²) in [6.45, 7) is 10.0. The van der Waals surface area contributed by atoms with Gasteiger partial charge in [-0.1, -0.05) is 18.2 Å². The number of aromatic nitrogens is 1. The van der Waals surface area contributed by atoms with Crippen LogP contribution in [-0.2, 0) is 20.7 Å². The van der Waals surface area contributed by atoms with Gasteiger partial charge in [-0.25, -0.2) is 19.4 Å². The Hall–Kier alpha value is -3.56. The van der Waals surface area contributed by atoms with Crippen molar-refractivity contribution < 1.29 is 29.0 Å². The second-order valence-electron chi connectivity index (χ2n) is 9.15. The SMILES string of the molecule is CC(C)(C)OC(=O)NC(=N[C@@H](Cc1c[nH]c2ccccc12)C(=O)O)NC(=O)OC(C)(C)C. The van der Waals surface area contributed by atoms with Crippen LogP contribution in [0.25, 0.3) is 10.9 Å². The van der Waals surface area contributed by atoms with Gasteiger partial charge in [0.2, 0.25) is 5.96 Å². The number of alkyl carbamates (subject to hydrolysis) is 2. The molecule has 1 atom stereocenters. The summed E-state index contributed by atoms with van der Waals surface area (Å²) >= 11 is 0. The molecule has 0 fully saturated rings. The van der Waals surface area contributed by atoms with E-state index in [0.717, 1.165) is 16.5 Å². The molecule has 32 heavy (non-hydrogen) atoms. The molecule has 0 unspecified atom stereocenters. The zero-order valence-corrected chi connectivity index (χ0v) is 19.1. The highest BCUT2D eigenvalue weighted by Gasteiger charge is 2.25. The van der Waals surface area contributed by atoms with Crippen LogP contribution in [0.2, 0.25) is 0 Å². The van der Waals surface area contributed by atoms with Gasteiger partial charge in [-0.15, -0.1) is 0 Å². The van der Waals surface area contributed by atoms with Crippen molar-refractivity contribution in [2.45, 2.75) is 65.2 Å². The van der Waals surface area contributed by atoms with E-state index in [1.807, 2.05) is 24.3 Å². The number of aliphatic imine (C=N–C) groups is 1. The van der Waals surface area contributed by atoms with Crippen molar-refractivity contribution in [1.29, 1.82) is 0 Å². The molecular formula is C22H30N4O6. The molecule has 2 amide bonds. The zero-order valence-electron chi connectivity index (χ0n) is 19.1. The number of benzene rings is 1. The van der Waals surface area contributed by atoms with Gasteiger partial charge in [0.25, 0.3) is 0 Å². The average molecular weight is 447 g/mol. The number of hydrogen-bond acceptors (Lipinski definition) is 6. The summed E-state index contributed by atoms with van der Waals surface area (Å²) in [6, 6.07) is 6.15. The Kier molecular flexibility index (Phi) is 7.50. The largest absolute Gasteiger partial charge is 0.480 e. The lowest BCUT2D eigenvalue weighted by Crippen LogP contribution is -2.48. The predicted octanol–water partition coefficient (Wildman–Crippen LogP) is 3.57. The van der Waals surface area contributed by atoms with Crippen molar-refractivity contribution in [3.63, 3.8) is 0 Å². The van der Waals surface area contributed by atoms with E-state index in [1.54, 1.807) is 47.7 Å². The minimum absolute atomic E-state index is 0.0227. The first kappa shape index (κ1) is 24.7. The van der Waals surface area contributed by atoms with E-state index in [1.165, 1.54) is 0 Å². The maximum Gasteiger partial charge on any atom is 0.414 e. The van der Waals surface area contributed by atoms with Gasteiger partial charge < -0.3 is 19.6 Å². The summed E-state index contributed by atoms with van der Waals surface area (Å²) < 4.78 is 10.4. The second kappa shape index (κ2) is 9.71. The Labute approximate surface area is 186 Å². The fourth-order valence-corrected chi connectivity index (χ4v) is 2.75. The molecular weight excluding hydrogens is 416 g/mol. The number of nitrogens with zero attached hydrogens (tertiary/aromatic N) is 1. The molecule has 10 heteroatoms. The third kappa shape index (κ3) is 7.93. The molecule has 0 aliphatic carbocycles. The molecule has 2 rings (SSSR count). The number of H-pyrrole nitrogens is 1. The quantitative estimate of drug-likeness (QED) is 0.418. The number of carbonyl (C=O) groups is 3. The number of carbonyl (C=O) groups excluding carboxylic acids is 2. The standard InChI is InChI=1S/C22H30N4O6/c1-21(2,3)31-19(29)25-18(26-20(30)32-22(4,5)6)24-16(17(27)28)11-13-12-23-15-10-8-7-9-14(13)15/h7-10,12,16,23H,11H2,1-6H3,(H,27,28)(H2,24,25,26,29,30)/t16-/m0/s1. The van der Waals surface area contributed by atoms with Crippen molar-refractivity contribution in [2.75, 3.05) is 0 Å². The number of para-hydroxylation sites is 1. The Balaban J connectivity index is 2.31. The van der Waals surface area contributed by atoms with Crippen LogP contribution < -0.4 is 10.6 Å². The number of aliphatic carboxylic acids is 1. The lowest BCUT2D eigenvalue weighted by molar-refractivity contribution is -0.138. The lowest BCUT2D eigenvalue weighted by Gasteiger charge is -2.22. The highest BCUT2D eigenvalue weighted by atomic mass is 16.6. The van der Waals surface area contributed by atoms with Gasteiger partial charge in [0.05, 0.1) is 0 Å². The molecule has 0 saturated heterocycles. The fraction of sp³-hybridized carbons (Fsp3) is 0.455. The molecule has 174 valence electrons. The van der Waals surface area contributed by atoms with Crippen molar-refractivity contribution in [3.05, 3.63) is 36.0 Å². The van der Waals surface area contributed by atoms with E-state index in [0.29, 0.717) is 0 Å². The van der Waals surface area contributed by atoms with Gasteiger partial charge >= 0.3 is 18.2 Å². The Morgan fingerprint density at radius 3 is 2.03 bits per heavy atom. The molecule has 0 saturated carbocycles. The van der Waals surface area contributed by atoms with Gasteiger partial charge in [-0.2, -0.15) is 0 Å². The van der Waals surface area contributed by atoms with Crippen LogP contribution in [0.5, 0.6) is 0 Å². The Morgan fingerprint density at radius 2 is 1.53 bits per heavy atom. The van der Waals surface area contributed by atoms with Crippen molar-refractivity contribution in [2.24, 2.45) is 4.99 Å². The van der Waals surface area contributed by atoms with Gasteiger partial charge in [0.1, 0.15) is 11.2 Å².